The van der Waals surface area contributed by atoms with Gasteiger partial charge in [-0.1, -0.05) is 0 Å². The van der Waals surface area contributed by atoms with Crippen molar-refractivity contribution < 1.29 is 23.8 Å². The molecule has 6 heteroatoms. The maximum Gasteiger partial charge on any atom is 0.371 e. The van der Waals surface area contributed by atoms with E-state index in [-0.39, 0.29) is 17.4 Å². The van der Waals surface area contributed by atoms with E-state index in [1.165, 1.54) is 29.9 Å². The van der Waals surface area contributed by atoms with Crippen LogP contribution in [0.3, 0.4) is 0 Å². The van der Waals surface area contributed by atoms with Gasteiger partial charge in [-0.3, -0.25) is 4.79 Å². The van der Waals surface area contributed by atoms with E-state index in [4.69, 9.17) is 14.3 Å². The minimum atomic E-state index is -1.19. The van der Waals surface area contributed by atoms with Crippen molar-refractivity contribution >= 4 is 11.9 Å². The average molecular weight is 267 g/mol. The molecule has 1 aliphatic rings. The molecule has 1 aromatic heterocycles. The van der Waals surface area contributed by atoms with E-state index in [2.05, 4.69) is 0 Å². The zero-order valence-electron chi connectivity index (χ0n) is 10.8. The van der Waals surface area contributed by atoms with Gasteiger partial charge in [-0.2, -0.15) is 0 Å². The van der Waals surface area contributed by atoms with E-state index in [1.54, 1.807) is 7.05 Å². The number of amides is 1. The fourth-order valence-electron chi connectivity index (χ4n) is 1.59. The number of hydrogen-bond acceptors (Lipinski definition) is 4. The Morgan fingerprint density at radius 2 is 2.11 bits per heavy atom. The lowest BCUT2D eigenvalue weighted by Crippen LogP contribution is -2.30. The number of aromatic carboxylic acids is 1. The van der Waals surface area contributed by atoms with Gasteiger partial charge in [0.1, 0.15) is 0 Å². The van der Waals surface area contributed by atoms with Crippen molar-refractivity contribution in [2.45, 2.75) is 12.8 Å². The van der Waals surface area contributed by atoms with Crippen LogP contribution in [0.4, 0.5) is 0 Å². The van der Waals surface area contributed by atoms with Crippen LogP contribution in [-0.4, -0.2) is 48.7 Å². The Labute approximate surface area is 110 Å². The van der Waals surface area contributed by atoms with E-state index in [0.717, 1.165) is 6.61 Å². The topological polar surface area (TPSA) is 80.0 Å². The van der Waals surface area contributed by atoms with Crippen molar-refractivity contribution in [1.29, 1.82) is 0 Å². The summed E-state index contributed by atoms with van der Waals surface area (Å²) in [6, 6.07) is 2.64. The molecule has 19 heavy (non-hydrogen) atoms. The molecule has 0 aliphatic heterocycles. The van der Waals surface area contributed by atoms with Crippen molar-refractivity contribution in [3.63, 3.8) is 0 Å². The van der Waals surface area contributed by atoms with Crippen LogP contribution in [0, 0.1) is 5.92 Å². The highest BCUT2D eigenvalue weighted by atomic mass is 16.5. The molecule has 0 radical (unpaired) electrons. The Kier molecular flexibility index (Phi) is 4.21. The Morgan fingerprint density at radius 3 is 2.68 bits per heavy atom. The molecule has 1 heterocycles. The first-order chi connectivity index (χ1) is 9.08. The zero-order chi connectivity index (χ0) is 13.8. The second-order valence-corrected chi connectivity index (χ2v) is 4.71. The molecule has 104 valence electrons. The summed E-state index contributed by atoms with van der Waals surface area (Å²) in [6.07, 6.45) is 2.47. The smallest absolute Gasteiger partial charge is 0.371 e. The SMILES string of the molecule is CN(CCOCC1CC1)C(=O)c1ccc(C(=O)O)o1. The molecule has 1 aliphatic carbocycles. The third-order valence-corrected chi connectivity index (χ3v) is 3.00. The first-order valence-corrected chi connectivity index (χ1v) is 6.24. The van der Waals surface area contributed by atoms with Gasteiger partial charge in [-0.15, -0.1) is 0 Å². The first-order valence-electron chi connectivity index (χ1n) is 6.24. The Morgan fingerprint density at radius 1 is 1.42 bits per heavy atom. The van der Waals surface area contributed by atoms with Crippen molar-refractivity contribution in [2.75, 3.05) is 26.8 Å². The molecule has 1 aromatic rings. The summed E-state index contributed by atoms with van der Waals surface area (Å²) >= 11 is 0. The second-order valence-electron chi connectivity index (χ2n) is 4.71. The van der Waals surface area contributed by atoms with Crippen LogP contribution < -0.4 is 0 Å². The molecular weight excluding hydrogens is 250 g/mol. The molecule has 6 nitrogen and oxygen atoms in total. The maximum atomic E-state index is 11.9. The summed E-state index contributed by atoms with van der Waals surface area (Å²) < 4.78 is 10.4. The van der Waals surface area contributed by atoms with Crippen LogP contribution >= 0.6 is 0 Å². The summed E-state index contributed by atoms with van der Waals surface area (Å²) in [5.74, 6) is -1.04. The molecule has 0 spiro atoms. The van der Waals surface area contributed by atoms with E-state index >= 15 is 0 Å². The maximum absolute atomic E-state index is 11.9. The lowest BCUT2D eigenvalue weighted by atomic mass is 10.4. The fraction of sp³-hybridized carbons (Fsp3) is 0.538. The van der Waals surface area contributed by atoms with Gasteiger partial charge >= 0.3 is 5.97 Å². The monoisotopic (exact) mass is 267 g/mol. The highest BCUT2D eigenvalue weighted by Gasteiger charge is 2.21. The number of rotatable bonds is 7. The quantitative estimate of drug-likeness (QED) is 0.757. The average Bonchev–Trinajstić information content (AvgIpc) is 3.06. The number of carboxylic acids is 1. The molecule has 2 rings (SSSR count). The predicted molar refractivity (Wildman–Crippen MR) is 66.2 cm³/mol. The van der Waals surface area contributed by atoms with Crippen molar-refractivity contribution in [3.8, 4) is 0 Å². The van der Waals surface area contributed by atoms with E-state index in [9.17, 15) is 9.59 Å². The minimum Gasteiger partial charge on any atom is -0.475 e. The second kappa shape index (κ2) is 5.88. The van der Waals surface area contributed by atoms with E-state index < -0.39 is 5.97 Å². The van der Waals surface area contributed by atoms with Crippen LogP contribution in [-0.2, 0) is 4.74 Å². The van der Waals surface area contributed by atoms with E-state index in [1.807, 2.05) is 0 Å². The zero-order valence-corrected chi connectivity index (χ0v) is 10.8. The standard InChI is InChI=1S/C13H17NO5/c1-14(6-7-18-8-9-2-3-9)12(15)10-4-5-11(19-10)13(16)17/h4-5,9H,2-3,6-8H2,1H3,(H,16,17). The van der Waals surface area contributed by atoms with Crippen LogP contribution in [0.2, 0.25) is 0 Å². The van der Waals surface area contributed by atoms with Crippen molar-refractivity contribution in [3.05, 3.63) is 23.7 Å². The first kappa shape index (κ1) is 13.6. The normalized spacial score (nSPS) is 14.4. The van der Waals surface area contributed by atoms with Gasteiger partial charge in [0, 0.05) is 20.2 Å². The largest absolute Gasteiger partial charge is 0.475 e. The summed E-state index contributed by atoms with van der Waals surface area (Å²) in [6.45, 7) is 1.69. The Balaban J connectivity index is 1.77. The molecule has 0 atom stereocenters. The van der Waals surface area contributed by atoms with Crippen LogP contribution in [0.5, 0.6) is 0 Å². The third-order valence-electron chi connectivity index (χ3n) is 3.00. The lowest BCUT2D eigenvalue weighted by Gasteiger charge is -2.15. The van der Waals surface area contributed by atoms with Gasteiger partial charge in [-0.05, 0) is 30.9 Å². The van der Waals surface area contributed by atoms with Crippen molar-refractivity contribution in [2.24, 2.45) is 5.92 Å². The third kappa shape index (κ3) is 3.82. The van der Waals surface area contributed by atoms with Crippen LogP contribution in [0.1, 0.15) is 34.0 Å². The summed E-state index contributed by atoms with van der Waals surface area (Å²) in [7, 11) is 1.63. The summed E-state index contributed by atoms with van der Waals surface area (Å²) in [5, 5.41) is 8.71. The molecule has 1 amide bonds. The molecular formula is C13H17NO5. The molecule has 0 bridgehead atoms. The lowest BCUT2D eigenvalue weighted by molar-refractivity contribution is 0.0628. The number of hydrogen-bond donors (Lipinski definition) is 1. The molecule has 0 aromatic carbocycles. The molecule has 1 N–H and O–H groups in total. The number of ether oxygens (including phenoxy) is 1. The highest BCUT2D eigenvalue weighted by Crippen LogP contribution is 2.28. The van der Waals surface area contributed by atoms with Gasteiger partial charge in [0.25, 0.3) is 5.91 Å². The number of carboxylic acid groups (broad SMARTS) is 1. The predicted octanol–water partition coefficient (Wildman–Crippen LogP) is 1.48. The van der Waals surface area contributed by atoms with Crippen LogP contribution in [0.25, 0.3) is 0 Å². The molecule has 1 saturated carbocycles. The molecule has 0 saturated heterocycles. The van der Waals surface area contributed by atoms with Gasteiger partial charge in [0.2, 0.25) is 5.76 Å². The number of nitrogens with zero attached hydrogens (tertiary/aromatic N) is 1. The van der Waals surface area contributed by atoms with Crippen LogP contribution in [0.15, 0.2) is 16.5 Å². The number of furan rings is 1. The number of carbonyl (C=O) groups excluding carboxylic acids is 1. The van der Waals surface area contributed by atoms with Gasteiger partial charge in [0.15, 0.2) is 5.76 Å². The Hall–Kier alpha value is -1.82. The molecule has 0 unspecified atom stereocenters. The minimum absolute atomic E-state index is 0.0297. The highest BCUT2D eigenvalue weighted by molar-refractivity contribution is 5.93. The number of carbonyl (C=O) groups is 2. The summed E-state index contributed by atoms with van der Waals surface area (Å²) in [4.78, 5) is 24.0. The van der Waals surface area contributed by atoms with Gasteiger partial charge in [-0.25, -0.2) is 4.79 Å². The summed E-state index contributed by atoms with van der Waals surface area (Å²) in [5.41, 5.74) is 0. The van der Waals surface area contributed by atoms with Crippen molar-refractivity contribution in [1.82, 2.24) is 4.90 Å². The van der Waals surface area contributed by atoms with Gasteiger partial charge in [0.05, 0.1) is 6.61 Å². The number of likely N-dealkylation sites (N-methyl/N-ethyl adjacent to an activating group) is 1. The van der Waals surface area contributed by atoms with Gasteiger partial charge < -0.3 is 19.2 Å². The Bertz CT molecular complexity index is 463. The van der Waals surface area contributed by atoms with E-state index in [0.29, 0.717) is 19.1 Å². The molecule has 1 fully saturated rings. The fourth-order valence-corrected chi connectivity index (χ4v) is 1.59.